The number of aliphatic hydroxyl groups is 1. The molecule has 1 aromatic heterocycles. The molecule has 0 aliphatic rings. The summed E-state index contributed by atoms with van der Waals surface area (Å²) in [5.41, 5.74) is 4.06. The molecule has 0 bridgehead atoms. The molecule has 0 amide bonds. The largest absolute Gasteiger partial charge is 0.493 e. The minimum absolute atomic E-state index is 0.167. The zero-order chi connectivity index (χ0) is 17.6. The molecule has 0 aliphatic heterocycles. The van der Waals surface area contributed by atoms with Gasteiger partial charge in [-0.15, -0.1) is 11.3 Å². The fourth-order valence-electron chi connectivity index (χ4n) is 2.40. The molecule has 0 atom stereocenters. The highest BCUT2D eigenvalue weighted by Crippen LogP contribution is 2.33. The molecule has 6 heteroatoms. The van der Waals surface area contributed by atoms with Crippen molar-refractivity contribution in [3.05, 3.63) is 57.9 Å². The van der Waals surface area contributed by atoms with Gasteiger partial charge in [0.05, 0.1) is 16.8 Å². The van der Waals surface area contributed by atoms with Gasteiger partial charge in [0, 0.05) is 23.2 Å². The molecule has 130 valence electrons. The van der Waals surface area contributed by atoms with E-state index in [0.717, 1.165) is 37.9 Å². The Morgan fingerprint density at radius 2 is 2.00 bits per heavy atom. The van der Waals surface area contributed by atoms with Gasteiger partial charge in [0.25, 0.3) is 0 Å². The van der Waals surface area contributed by atoms with Crippen LogP contribution in [0.1, 0.15) is 12.5 Å². The molecule has 0 radical (unpaired) electrons. The first-order valence-corrected chi connectivity index (χ1v) is 9.72. The second-order valence-corrected chi connectivity index (χ2v) is 7.12. The molecular weight excluding hydrogens is 400 g/mol. The summed E-state index contributed by atoms with van der Waals surface area (Å²) in [5.74, 6) is 0.836. The maximum absolute atomic E-state index is 8.97. The molecule has 0 saturated carbocycles. The first-order chi connectivity index (χ1) is 12.2. The summed E-state index contributed by atoms with van der Waals surface area (Å²) in [6, 6.07) is 14.0. The van der Waals surface area contributed by atoms with Gasteiger partial charge in [-0.05, 0) is 65.2 Å². The van der Waals surface area contributed by atoms with Crippen molar-refractivity contribution in [1.29, 1.82) is 0 Å². The lowest BCUT2D eigenvalue weighted by Crippen LogP contribution is -1.93. The normalized spacial score (nSPS) is 10.7. The number of benzene rings is 2. The second kappa shape index (κ2) is 8.47. The van der Waals surface area contributed by atoms with E-state index in [4.69, 9.17) is 9.84 Å². The Morgan fingerprint density at radius 1 is 1.20 bits per heavy atom. The van der Waals surface area contributed by atoms with Crippen molar-refractivity contribution < 1.29 is 9.84 Å². The topological polar surface area (TPSA) is 54.4 Å². The standard InChI is InChI=1S/C19H19BrN2O2S/c1-2-24-18-8-5-14(11-16(18)20)17-12-25-19(22-17)21-15-6-3-13(4-7-15)9-10-23/h3-8,11-12,23H,2,9-10H2,1H3,(H,21,22). The molecule has 3 aromatic rings. The third kappa shape index (κ3) is 4.60. The SMILES string of the molecule is CCOc1ccc(-c2csc(Nc3ccc(CCO)cc3)n2)cc1Br. The van der Waals surface area contributed by atoms with Crippen LogP contribution in [0.5, 0.6) is 5.75 Å². The van der Waals surface area contributed by atoms with Crippen molar-refractivity contribution >= 4 is 38.1 Å². The number of rotatable bonds is 7. The molecule has 0 aliphatic carbocycles. The molecular formula is C19H19BrN2O2S. The van der Waals surface area contributed by atoms with Crippen LogP contribution < -0.4 is 10.1 Å². The van der Waals surface area contributed by atoms with Crippen molar-refractivity contribution in [1.82, 2.24) is 4.98 Å². The van der Waals surface area contributed by atoms with E-state index in [9.17, 15) is 0 Å². The fraction of sp³-hybridized carbons (Fsp3) is 0.211. The Labute approximate surface area is 159 Å². The Hall–Kier alpha value is -1.89. The van der Waals surface area contributed by atoms with E-state index in [1.807, 2.05) is 54.8 Å². The molecule has 2 aromatic carbocycles. The number of aliphatic hydroxyl groups excluding tert-OH is 1. The van der Waals surface area contributed by atoms with Gasteiger partial charge in [0.15, 0.2) is 5.13 Å². The van der Waals surface area contributed by atoms with Gasteiger partial charge in [-0.25, -0.2) is 4.98 Å². The Kier molecular flexibility index (Phi) is 6.07. The minimum atomic E-state index is 0.167. The van der Waals surface area contributed by atoms with Crippen molar-refractivity contribution in [2.75, 3.05) is 18.5 Å². The van der Waals surface area contributed by atoms with Crippen molar-refractivity contribution in [2.24, 2.45) is 0 Å². The van der Waals surface area contributed by atoms with Crippen molar-refractivity contribution in [3.8, 4) is 17.0 Å². The maximum Gasteiger partial charge on any atom is 0.187 e. The smallest absolute Gasteiger partial charge is 0.187 e. The van der Waals surface area contributed by atoms with Gasteiger partial charge in [0.2, 0.25) is 0 Å². The summed E-state index contributed by atoms with van der Waals surface area (Å²) in [6.07, 6.45) is 0.675. The van der Waals surface area contributed by atoms with Gasteiger partial charge in [-0.1, -0.05) is 12.1 Å². The third-order valence-corrected chi connectivity index (χ3v) is 5.01. The quantitative estimate of drug-likeness (QED) is 0.549. The van der Waals surface area contributed by atoms with Gasteiger partial charge in [-0.3, -0.25) is 0 Å². The molecule has 2 N–H and O–H groups in total. The van der Waals surface area contributed by atoms with Gasteiger partial charge in [0.1, 0.15) is 5.75 Å². The van der Waals surface area contributed by atoms with Crippen LogP contribution in [-0.4, -0.2) is 23.3 Å². The first-order valence-electron chi connectivity index (χ1n) is 8.04. The van der Waals surface area contributed by atoms with E-state index in [0.29, 0.717) is 13.0 Å². The molecule has 0 saturated heterocycles. The van der Waals surface area contributed by atoms with E-state index in [-0.39, 0.29) is 6.61 Å². The van der Waals surface area contributed by atoms with E-state index in [1.54, 1.807) is 11.3 Å². The Bertz CT molecular complexity index is 834. The Morgan fingerprint density at radius 3 is 2.68 bits per heavy atom. The van der Waals surface area contributed by atoms with Gasteiger partial charge < -0.3 is 15.2 Å². The number of ether oxygens (including phenoxy) is 1. The average Bonchev–Trinajstić information content (AvgIpc) is 3.07. The highest BCUT2D eigenvalue weighted by Gasteiger charge is 2.08. The zero-order valence-electron chi connectivity index (χ0n) is 13.8. The molecule has 0 spiro atoms. The number of nitrogens with zero attached hydrogens (tertiary/aromatic N) is 1. The zero-order valence-corrected chi connectivity index (χ0v) is 16.2. The number of nitrogens with one attached hydrogen (secondary N) is 1. The number of hydrogen-bond acceptors (Lipinski definition) is 5. The molecule has 0 unspecified atom stereocenters. The van der Waals surface area contributed by atoms with Crippen LogP contribution in [0, 0.1) is 0 Å². The summed E-state index contributed by atoms with van der Waals surface area (Å²) < 4.78 is 6.47. The number of aromatic nitrogens is 1. The predicted molar refractivity (Wildman–Crippen MR) is 107 cm³/mol. The monoisotopic (exact) mass is 418 g/mol. The molecule has 4 nitrogen and oxygen atoms in total. The van der Waals surface area contributed by atoms with E-state index >= 15 is 0 Å². The molecule has 1 heterocycles. The molecule has 25 heavy (non-hydrogen) atoms. The summed E-state index contributed by atoms with van der Waals surface area (Å²) in [5, 5.41) is 15.2. The predicted octanol–water partition coefficient (Wildman–Crippen LogP) is 5.25. The minimum Gasteiger partial charge on any atom is -0.493 e. The molecule has 0 fully saturated rings. The maximum atomic E-state index is 8.97. The average molecular weight is 419 g/mol. The van der Waals surface area contributed by atoms with Crippen LogP contribution in [0.3, 0.4) is 0 Å². The lowest BCUT2D eigenvalue weighted by atomic mass is 10.1. The highest BCUT2D eigenvalue weighted by atomic mass is 79.9. The van der Waals surface area contributed by atoms with Crippen LogP contribution in [0.4, 0.5) is 10.8 Å². The lowest BCUT2D eigenvalue weighted by molar-refractivity contribution is 0.299. The summed E-state index contributed by atoms with van der Waals surface area (Å²) in [6.45, 7) is 2.77. The summed E-state index contributed by atoms with van der Waals surface area (Å²) in [7, 11) is 0. The number of anilines is 2. The van der Waals surface area contributed by atoms with Crippen molar-refractivity contribution in [3.63, 3.8) is 0 Å². The fourth-order valence-corrected chi connectivity index (χ4v) is 3.64. The van der Waals surface area contributed by atoms with E-state index < -0.39 is 0 Å². The van der Waals surface area contributed by atoms with Crippen LogP contribution in [0.2, 0.25) is 0 Å². The second-order valence-electron chi connectivity index (χ2n) is 5.41. The van der Waals surface area contributed by atoms with Gasteiger partial charge in [-0.2, -0.15) is 0 Å². The summed E-state index contributed by atoms with van der Waals surface area (Å²) >= 11 is 5.11. The summed E-state index contributed by atoms with van der Waals surface area (Å²) in [4.78, 5) is 4.66. The van der Waals surface area contributed by atoms with Crippen LogP contribution in [0.25, 0.3) is 11.3 Å². The number of thiazole rings is 1. The van der Waals surface area contributed by atoms with E-state index in [2.05, 4.69) is 26.2 Å². The number of halogens is 1. The Balaban J connectivity index is 1.72. The third-order valence-electron chi connectivity index (χ3n) is 3.64. The first kappa shape index (κ1) is 17.9. The lowest BCUT2D eigenvalue weighted by Gasteiger charge is -2.07. The van der Waals surface area contributed by atoms with Crippen LogP contribution in [-0.2, 0) is 6.42 Å². The highest BCUT2D eigenvalue weighted by molar-refractivity contribution is 9.10. The van der Waals surface area contributed by atoms with Crippen molar-refractivity contribution in [2.45, 2.75) is 13.3 Å². The van der Waals surface area contributed by atoms with E-state index in [1.165, 1.54) is 0 Å². The van der Waals surface area contributed by atoms with Crippen LogP contribution in [0.15, 0.2) is 52.3 Å². The molecule has 3 rings (SSSR count). The number of hydrogen-bond donors (Lipinski definition) is 2. The van der Waals surface area contributed by atoms with Crippen LogP contribution >= 0.6 is 27.3 Å². The van der Waals surface area contributed by atoms with Gasteiger partial charge >= 0.3 is 0 Å².